The number of ether oxygens (including phenoxy) is 1. The van der Waals surface area contributed by atoms with E-state index in [9.17, 15) is 14.4 Å². The molecular weight excluding hydrogens is 528 g/mol. The largest absolute Gasteiger partial charge is 0.457 e. The van der Waals surface area contributed by atoms with Crippen molar-refractivity contribution in [2.24, 2.45) is 0 Å². The molecule has 2 aliphatic heterocycles. The summed E-state index contributed by atoms with van der Waals surface area (Å²) in [6.07, 6.45) is 6.79. The van der Waals surface area contributed by atoms with Crippen molar-refractivity contribution in [3.63, 3.8) is 0 Å². The first-order valence-electron chi connectivity index (χ1n) is 14.4. The van der Waals surface area contributed by atoms with Crippen LogP contribution >= 0.6 is 12.4 Å². The van der Waals surface area contributed by atoms with Crippen LogP contribution in [0.2, 0.25) is 0 Å². The van der Waals surface area contributed by atoms with Gasteiger partial charge in [0.25, 0.3) is 5.91 Å². The maximum Gasteiger partial charge on any atom is 0.251 e. The minimum Gasteiger partial charge on any atom is -0.457 e. The second-order valence-electron chi connectivity index (χ2n) is 11.2. The van der Waals surface area contributed by atoms with Gasteiger partial charge in [-0.25, -0.2) is 0 Å². The Morgan fingerprint density at radius 1 is 0.950 bits per heavy atom. The predicted molar refractivity (Wildman–Crippen MR) is 157 cm³/mol. The SMILES string of the molecule is CCCCN1C(=O)C2(CCCC2)NC(=O)C12CCN(Cc1ccc(Oc3ccc(C(=O)NC)cc3)cc1)CC2.Cl. The smallest absolute Gasteiger partial charge is 0.251 e. The molecular formula is C31H41ClN4O4. The van der Waals surface area contributed by atoms with Gasteiger partial charge in [0.2, 0.25) is 11.8 Å². The summed E-state index contributed by atoms with van der Waals surface area (Å²) in [6.45, 7) is 5.12. The number of piperazine rings is 1. The molecule has 2 N–H and O–H groups in total. The predicted octanol–water partition coefficient (Wildman–Crippen LogP) is 4.67. The average Bonchev–Trinajstić information content (AvgIpc) is 3.43. The topological polar surface area (TPSA) is 91.0 Å². The van der Waals surface area contributed by atoms with Gasteiger partial charge in [0, 0.05) is 38.8 Å². The molecule has 1 aliphatic carbocycles. The highest BCUT2D eigenvalue weighted by Crippen LogP contribution is 2.41. The number of hydrogen-bond acceptors (Lipinski definition) is 5. The molecule has 0 unspecified atom stereocenters. The van der Waals surface area contributed by atoms with Crippen LogP contribution in [-0.2, 0) is 16.1 Å². The van der Waals surface area contributed by atoms with Gasteiger partial charge in [0.05, 0.1) is 0 Å². The first-order valence-corrected chi connectivity index (χ1v) is 14.4. The molecule has 216 valence electrons. The molecule has 2 aromatic carbocycles. The van der Waals surface area contributed by atoms with Gasteiger partial charge in [-0.15, -0.1) is 12.4 Å². The van der Waals surface area contributed by atoms with Gasteiger partial charge in [0.15, 0.2) is 0 Å². The summed E-state index contributed by atoms with van der Waals surface area (Å²) in [4.78, 5) is 43.4. The Hall–Kier alpha value is -3.10. The lowest BCUT2D eigenvalue weighted by Crippen LogP contribution is -2.76. The van der Waals surface area contributed by atoms with E-state index in [2.05, 4.69) is 34.6 Å². The maximum atomic E-state index is 13.7. The van der Waals surface area contributed by atoms with Gasteiger partial charge in [-0.3, -0.25) is 19.3 Å². The minimum absolute atomic E-state index is 0. The zero-order chi connectivity index (χ0) is 27.5. The molecule has 1 saturated carbocycles. The molecule has 0 radical (unpaired) electrons. The van der Waals surface area contributed by atoms with E-state index < -0.39 is 11.1 Å². The average molecular weight is 569 g/mol. The van der Waals surface area contributed by atoms with Crippen LogP contribution in [0.3, 0.4) is 0 Å². The Morgan fingerprint density at radius 3 is 2.12 bits per heavy atom. The first-order chi connectivity index (χ1) is 18.9. The summed E-state index contributed by atoms with van der Waals surface area (Å²) in [5.41, 5.74) is 0.375. The number of carbonyl (C=O) groups excluding carboxylic acids is 3. The third-order valence-corrected chi connectivity index (χ3v) is 8.73. The fourth-order valence-corrected chi connectivity index (χ4v) is 6.37. The number of rotatable bonds is 8. The van der Waals surface area contributed by atoms with Gasteiger partial charge in [-0.05, 0) is 74.1 Å². The van der Waals surface area contributed by atoms with Crippen molar-refractivity contribution in [2.45, 2.75) is 75.9 Å². The Balaban J connectivity index is 0.00000370. The van der Waals surface area contributed by atoms with Crippen molar-refractivity contribution < 1.29 is 19.1 Å². The quantitative estimate of drug-likeness (QED) is 0.483. The summed E-state index contributed by atoms with van der Waals surface area (Å²) in [5, 5.41) is 5.84. The maximum absolute atomic E-state index is 13.7. The Labute approximate surface area is 243 Å². The molecule has 3 fully saturated rings. The summed E-state index contributed by atoms with van der Waals surface area (Å²) in [7, 11) is 1.61. The van der Waals surface area contributed by atoms with Crippen molar-refractivity contribution >= 4 is 30.1 Å². The van der Waals surface area contributed by atoms with E-state index in [1.165, 1.54) is 5.56 Å². The molecule has 0 atom stereocenters. The molecule has 0 aromatic heterocycles. The third-order valence-electron chi connectivity index (χ3n) is 8.73. The lowest BCUT2D eigenvalue weighted by Gasteiger charge is -2.54. The molecule has 3 amide bonds. The Bertz CT molecular complexity index is 1190. The van der Waals surface area contributed by atoms with E-state index >= 15 is 0 Å². The number of unbranched alkanes of at least 4 members (excludes halogenated alkanes) is 1. The molecule has 3 aliphatic rings. The van der Waals surface area contributed by atoms with E-state index in [0.29, 0.717) is 30.7 Å². The number of hydrogen-bond donors (Lipinski definition) is 2. The van der Waals surface area contributed by atoms with Crippen molar-refractivity contribution in [1.29, 1.82) is 0 Å². The molecule has 2 aromatic rings. The summed E-state index contributed by atoms with van der Waals surface area (Å²) < 4.78 is 5.95. The van der Waals surface area contributed by atoms with E-state index in [4.69, 9.17) is 4.74 Å². The minimum atomic E-state index is -0.721. The molecule has 40 heavy (non-hydrogen) atoms. The first kappa shape index (κ1) is 29.9. The van der Waals surface area contributed by atoms with E-state index in [1.54, 1.807) is 31.3 Å². The highest BCUT2D eigenvalue weighted by molar-refractivity contribution is 6.02. The number of likely N-dealkylation sites (tertiary alicyclic amines) is 1. The number of carbonyl (C=O) groups is 3. The summed E-state index contributed by atoms with van der Waals surface area (Å²) >= 11 is 0. The molecule has 8 nitrogen and oxygen atoms in total. The zero-order valence-corrected chi connectivity index (χ0v) is 24.4. The number of amides is 3. The van der Waals surface area contributed by atoms with Crippen LogP contribution in [0, 0.1) is 0 Å². The standard InChI is InChI=1S/C31H40N4O4.ClH/c1-3-4-19-35-29(38)30(15-5-6-16-30)33-28(37)31(35)17-20-34(21-18-31)22-23-7-11-25(12-8-23)39-26-13-9-24(10-14-26)27(36)32-2;/h7-14H,3-6,15-22H2,1-2H3,(H,32,36)(H,33,37);1H. The number of piperidine rings is 1. The van der Waals surface area contributed by atoms with Gasteiger partial charge in [-0.2, -0.15) is 0 Å². The van der Waals surface area contributed by atoms with Crippen molar-refractivity contribution in [3.8, 4) is 11.5 Å². The van der Waals surface area contributed by atoms with Crippen molar-refractivity contribution in [1.82, 2.24) is 20.4 Å². The van der Waals surface area contributed by atoms with Gasteiger partial charge in [-0.1, -0.05) is 38.3 Å². The summed E-state index contributed by atoms with van der Waals surface area (Å²) in [5.74, 6) is 1.49. The number of nitrogens with one attached hydrogen (secondary N) is 2. The van der Waals surface area contributed by atoms with E-state index in [1.807, 2.05) is 17.0 Å². The fraction of sp³-hybridized carbons (Fsp3) is 0.516. The fourth-order valence-electron chi connectivity index (χ4n) is 6.37. The Morgan fingerprint density at radius 2 is 1.55 bits per heavy atom. The number of halogens is 1. The van der Waals surface area contributed by atoms with Gasteiger partial charge < -0.3 is 20.3 Å². The van der Waals surface area contributed by atoms with E-state index in [0.717, 1.165) is 63.9 Å². The molecule has 2 spiro atoms. The van der Waals surface area contributed by atoms with Crippen molar-refractivity contribution in [2.75, 3.05) is 26.7 Å². The second-order valence-corrected chi connectivity index (χ2v) is 11.2. The number of nitrogens with zero attached hydrogens (tertiary/aromatic N) is 2. The van der Waals surface area contributed by atoms with Crippen LogP contribution in [-0.4, -0.2) is 65.3 Å². The molecule has 2 saturated heterocycles. The van der Waals surface area contributed by atoms with E-state index in [-0.39, 0.29) is 30.1 Å². The van der Waals surface area contributed by atoms with Crippen LogP contribution in [0.5, 0.6) is 11.5 Å². The third kappa shape index (κ3) is 5.84. The van der Waals surface area contributed by atoms with Crippen molar-refractivity contribution in [3.05, 3.63) is 59.7 Å². The highest BCUT2D eigenvalue weighted by Gasteiger charge is 2.59. The lowest BCUT2D eigenvalue weighted by atomic mass is 9.78. The molecule has 9 heteroatoms. The normalized spacial score (nSPS) is 19.8. The molecule has 5 rings (SSSR count). The number of benzene rings is 2. The van der Waals surface area contributed by atoms with Crippen LogP contribution in [0.25, 0.3) is 0 Å². The van der Waals surface area contributed by atoms with Gasteiger partial charge >= 0.3 is 0 Å². The monoisotopic (exact) mass is 568 g/mol. The van der Waals surface area contributed by atoms with Crippen LogP contribution in [0.4, 0.5) is 0 Å². The van der Waals surface area contributed by atoms with Crippen LogP contribution < -0.4 is 15.4 Å². The van der Waals surface area contributed by atoms with Crippen LogP contribution in [0.1, 0.15) is 74.2 Å². The second kappa shape index (κ2) is 12.6. The highest BCUT2D eigenvalue weighted by atomic mass is 35.5. The van der Waals surface area contributed by atoms with Crippen LogP contribution in [0.15, 0.2) is 48.5 Å². The lowest BCUT2D eigenvalue weighted by molar-refractivity contribution is -0.167. The molecule has 2 heterocycles. The van der Waals surface area contributed by atoms with Gasteiger partial charge in [0.1, 0.15) is 22.6 Å². The molecule has 0 bridgehead atoms. The Kier molecular flexibility index (Phi) is 9.41. The summed E-state index contributed by atoms with van der Waals surface area (Å²) in [6, 6.07) is 15.1. The zero-order valence-electron chi connectivity index (χ0n) is 23.5.